The first-order valence-electron chi connectivity index (χ1n) is 8.10. The van der Waals surface area contributed by atoms with Crippen molar-refractivity contribution in [1.29, 1.82) is 0 Å². The lowest BCUT2D eigenvalue weighted by molar-refractivity contribution is -0.122. The molecule has 3 rings (SSSR count). The molecule has 0 saturated heterocycles. The lowest BCUT2D eigenvalue weighted by Crippen LogP contribution is -2.25. The summed E-state index contributed by atoms with van der Waals surface area (Å²) >= 11 is 3.44. The van der Waals surface area contributed by atoms with Gasteiger partial charge in [-0.25, -0.2) is 5.43 Å². The molecule has 0 radical (unpaired) electrons. The molecule has 1 amide bonds. The fraction of sp³-hybridized carbons (Fsp3) is 0.167. The average Bonchev–Trinajstić information content (AvgIpc) is 3.11. The molecule has 0 bridgehead atoms. The maximum absolute atomic E-state index is 12.1. The van der Waals surface area contributed by atoms with Crippen molar-refractivity contribution in [1.82, 2.24) is 25.6 Å². The monoisotopic (exact) mass is 412 g/mol. The van der Waals surface area contributed by atoms with E-state index in [1.165, 1.54) is 4.80 Å². The summed E-state index contributed by atoms with van der Waals surface area (Å²) in [5.41, 5.74) is 5.14. The van der Waals surface area contributed by atoms with Gasteiger partial charge >= 0.3 is 0 Å². The molecule has 0 aliphatic carbocycles. The molecule has 3 aromatic rings. The Morgan fingerprint density at radius 3 is 2.73 bits per heavy atom. The molecule has 132 valence electrons. The minimum absolute atomic E-state index is 0.0567. The van der Waals surface area contributed by atoms with Crippen molar-refractivity contribution in [3.05, 3.63) is 64.6 Å². The molecule has 0 saturated carbocycles. The molecule has 0 atom stereocenters. The molecule has 1 aromatic heterocycles. The summed E-state index contributed by atoms with van der Waals surface area (Å²) in [6.45, 7) is 1.93. The zero-order chi connectivity index (χ0) is 18.4. The Morgan fingerprint density at radius 1 is 1.19 bits per heavy atom. The van der Waals surface area contributed by atoms with Gasteiger partial charge in [0.1, 0.15) is 6.54 Å². The van der Waals surface area contributed by atoms with Crippen LogP contribution in [0.1, 0.15) is 18.9 Å². The Labute approximate surface area is 159 Å². The molecule has 8 heteroatoms. The number of rotatable bonds is 6. The number of hydrogen-bond acceptors (Lipinski definition) is 5. The fourth-order valence-corrected chi connectivity index (χ4v) is 2.72. The molecule has 7 nitrogen and oxygen atoms in total. The zero-order valence-corrected chi connectivity index (χ0v) is 15.7. The number of tetrazole rings is 1. The van der Waals surface area contributed by atoms with Crippen LogP contribution in [0, 0.1) is 0 Å². The first-order chi connectivity index (χ1) is 12.7. The van der Waals surface area contributed by atoms with E-state index in [0.29, 0.717) is 12.2 Å². The molecular formula is C18H17BrN6O. The van der Waals surface area contributed by atoms with E-state index in [9.17, 15) is 4.79 Å². The summed E-state index contributed by atoms with van der Waals surface area (Å²) in [6.07, 6.45) is 0.691. The van der Waals surface area contributed by atoms with Gasteiger partial charge in [0, 0.05) is 10.0 Å². The largest absolute Gasteiger partial charge is 0.271 e. The van der Waals surface area contributed by atoms with Gasteiger partial charge in [-0.15, -0.1) is 10.2 Å². The Kier molecular flexibility index (Phi) is 5.85. The standard InChI is InChI=1S/C18H17BrN6O/c1-2-16(14-9-6-10-15(19)11-14)20-21-17(26)12-25-23-18(22-24-25)13-7-4-3-5-8-13/h3-11H,2,12H2,1H3,(H,21,26)/b20-16-. The first-order valence-corrected chi connectivity index (χ1v) is 8.89. The maximum Gasteiger partial charge on any atom is 0.263 e. The molecule has 2 aromatic carbocycles. The summed E-state index contributed by atoms with van der Waals surface area (Å²) in [4.78, 5) is 13.4. The number of carbonyl (C=O) groups is 1. The summed E-state index contributed by atoms with van der Waals surface area (Å²) in [7, 11) is 0. The minimum atomic E-state index is -0.317. The third-order valence-electron chi connectivity index (χ3n) is 3.58. The smallest absolute Gasteiger partial charge is 0.263 e. The number of benzene rings is 2. The number of aromatic nitrogens is 4. The highest BCUT2D eigenvalue weighted by Gasteiger charge is 2.09. The number of nitrogens with zero attached hydrogens (tertiary/aromatic N) is 5. The molecule has 0 spiro atoms. The average molecular weight is 413 g/mol. The Balaban J connectivity index is 1.64. The predicted octanol–water partition coefficient (Wildman–Crippen LogP) is 3.03. The van der Waals surface area contributed by atoms with E-state index in [0.717, 1.165) is 21.3 Å². The Morgan fingerprint density at radius 2 is 2.00 bits per heavy atom. The van der Waals surface area contributed by atoms with Crippen molar-refractivity contribution < 1.29 is 4.79 Å². The molecule has 0 aliphatic heterocycles. The van der Waals surface area contributed by atoms with Crippen LogP contribution in [0.25, 0.3) is 11.4 Å². The highest BCUT2D eigenvalue weighted by molar-refractivity contribution is 9.10. The minimum Gasteiger partial charge on any atom is -0.271 e. The number of carbonyl (C=O) groups excluding carboxylic acids is 1. The van der Waals surface area contributed by atoms with Gasteiger partial charge in [0.2, 0.25) is 5.82 Å². The highest BCUT2D eigenvalue weighted by atomic mass is 79.9. The van der Waals surface area contributed by atoms with E-state index in [4.69, 9.17) is 0 Å². The van der Waals surface area contributed by atoms with Crippen molar-refractivity contribution in [3.63, 3.8) is 0 Å². The van der Waals surface area contributed by atoms with E-state index in [-0.39, 0.29) is 12.5 Å². The lowest BCUT2D eigenvalue weighted by Gasteiger charge is -2.05. The first kappa shape index (κ1) is 17.9. The van der Waals surface area contributed by atoms with E-state index in [1.807, 2.05) is 61.5 Å². The number of hydrogen-bond donors (Lipinski definition) is 1. The molecule has 0 fully saturated rings. The van der Waals surface area contributed by atoms with Crippen LogP contribution in [-0.2, 0) is 11.3 Å². The van der Waals surface area contributed by atoms with Gasteiger partial charge in [0.05, 0.1) is 5.71 Å². The summed E-state index contributed by atoms with van der Waals surface area (Å²) in [5, 5.41) is 16.3. The molecule has 0 aliphatic rings. The van der Waals surface area contributed by atoms with Gasteiger partial charge in [-0.2, -0.15) is 9.90 Å². The molecule has 0 unspecified atom stereocenters. The second-order valence-electron chi connectivity index (χ2n) is 5.47. The molecule has 26 heavy (non-hydrogen) atoms. The van der Waals surface area contributed by atoms with Crippen LogP contribution in [0.3, 0.4) is 0 Å². The van der Waals surface area contributed by atoms with Gasteiger partial charge in [0.15, 0.2) is 0 Å². The summed E-state index contributed by atoms with van der Waals surface area (Å²) in [5.74, 6) is 0.160. The number of halogens is 1. The predicted molar refractivity (Wildman–Crippen MR) is 102 cm³/mol. The maximum atomic E-state index is 12.1. The fourth-order valence-electron chi connectivity index (χ4n) is 2.32. The van der Waals surface area contributed by atoms with Crippen LogP contribution in [0.15, 0.2) is 64.2 Å². The second kappa shape index (κ2) is 8.48. The van der Waals surface area contributed by atoms with Crippen LogP contribution in [0.2, 0.25) is 0 Å². The third kappa shape index (κ3) is 4.60. The van der Waals surface area contributed by atoms with Crippen LogP contribution < -0.4 is 5.43 Å². The van der Waals surface area contributed by atoms with Crippen LogP contribution in [0.4, 0.5) is 0 Å². The summed E-state index contributed by atoms with van der Waals surface area (Å²) < 4.78 is 0.961. The molecule has 1 N–H and O–H groups in total. The van der Waals surface area contributed by atoms with Crippen LogP contribution >= 0.6 is 15.9 Å². The van der Waals surface area contributed by atoms with E-state index in [2.05, 4.69) is 41.9 Å². The lowest BCUT2D eigenvalue weighted by atomic mass is 10.1. The molecule has 1 heterocycles. The van der Waals surface area contributed by atoms with Gasteiger partial charge in [-0.3, -0.25) is 4.79 Å². The van der Waals surface area contributed by atoms with Gasteiger partial charge in [-0.05, 0) is 29.3 Å². The normalized spacial score (nSPS) is 11.4. The SMILES string of the molecule is CC/C(=N/NC(=O)Cn1nnc(-c2ccccc2)n1)c1cccc(Br)c1. The Hall–Kier alpha value is -2.87. The van der Waals surface area contributed by atoms with Crippen molar-refractivity contribution in [2.75, 3.05) is 0 Å². The van der Waals surface area contributed by atoms with Crippen molar-refractivity contribution >= 4 is 27.5 Å². The van der Waals surface area contributed by atoms with Gasteiger partial charge in [0.25, 0.3) is 5.91 Å². The van der Waals surface area contributed by atoms with E-state index < -0.39 is 0 Å². The summed E-state index contributed by atoms with van der Waals surface area (Å²) in [6, 6.07) is 17.2. The van der Waals surface area contributed by atoms with Crippen molar-refractivity contribution in [3.8, 4) is 11.4 Å². The van der Waals surface area contributed by atoms with Crippen LogP contribution in [0.5, 0.6) is 0 Å². The Bertz CT molecular complexity index is 922. The number of amides is 1. The van der Waals surface area contributed by atoms with Crippen molar-refractivity contribution in [2.24, 2.45) is 5.10 Å². The van der Waals surface area contributed by atoms with E-state index in [1.54, 1.807) is 0 Å². The third-order valence-corrected chi connectivity index (χ3v) is 4.07. The highest BCUT2D eigenvalue weighted by Crippen LogP contribution is 2.14. The number of hydrazone groups is 1. The van der Waals surface area contributed by atoms with E-state index >= 15 is 0 Å². The zero-order valence-electron chi connectivity index (χ0n) is 14.1. The van der Waals surface area contributed by atoms with Gasteiger partial charge < -0.3 is 0 Å². The number of nitrogens with one attached hydrogen (secondary N) is 1. The van der Waals surface area contributed by atoms with Gasteiger partial charge in [-0.1, -0.05) is 65.3 Å². The van der Waals surface area contributed by atoms with Crippen molar-refractivity contribution in [2.45, 2.75) is 19.9 Å². The molecular weight excluding hydrogens is 396 g/mol. The second-order valence-corrected chi connectivity index (χ2v) is 6.38. The quantitative estimate of drug-likeness (QED) is 0.497. The van der Waals surface area contributed by atoms with Crippen LogP contribution in [-0.4, -0.2) is 31.8 Å². The topological polar surface area (TPSA) is 85.1 Å².